The number of ether oxygens (including phenoxy) is 1. The minimum absolute atomic E-state index is 0.275. The molecule has 1 aromatic heterocycles. The monoisotopic (exact) mass is 309 g/mol. The van der Waals surface area contributed by atoms with E-state index in [2.05, 4.69) is 26.1 Å². The van der Waals surface area contributed by atoms with E-state index in [1.165, 1.54) is 0 Å². The van der Waals surface area contributed by atoms with Gasteiger partial charge < -0.3 is 10.5 Å². The number of carbonyl (C=O) groups excluding carboxylic acids is 1. The summed E-state index contributed by atoms with van der Waals surface area (Å²) in [5.74, 6) is -0.181. The van der Waals surface area contributed by atoms with E-state index in [-0.39, 0.29) is 11.5 Å². The van der Waals surface area contributed by atoms with Crippen molar-refractivity contribution < 1.29 is 9.53 Å². The van der Waals surface area contributed by atoms with E-state index in [0.29, 0.717) is 12.2 Å². The second kappa shape index (κ2) is 5.22. The summed E-state index contributed by atoms with van der Waals surface area (Å²) in [6.07, 6.45) is 0. The van der Waals surface area contributed by atoms with E-state index < -0.39 is 5.97 Å². The highest BCUT2D eigenvalue weighted by atomic mass is 79.9. The van der Waals surface area contributed by atoms with Gasteiger partial charge in [0, 0.05) is 4.47 Å². The van der Waals surface area contributed by atoms with E-state index in [0.717, 1.165) is 10.0 Å². The minimum atomic E-state index is -0.459. The van der Waals surface area contributed by atoms with Crippen LogP contribution < -0.4 is 5.73 Å². The highest BCUT2D eigenvalue weighted by Gasteiger charge is 2.19. The Morgan fingerprint density at radius 1 is 1.44 bits per heavy atom. The van der Waals surface area contributed by atoms with Gasteiger partial charge in [-0.15, -0.1) is 0 Å². The van der Waals surface area contributed by atoms with Crippen LogP contribution in [-0.4, -0.2) is 22.8 Å². The van der Waals surface area contributed by atoms with Crippen molar-refractivity contribution in [1.29, 1.82) is 0 Å². The fraction of sp³-hybridized carbons (Fsp3) is 0.167. The third-order valence-electron chi connectivity index (χ3n) is 2.41. The second-order valence-electron chi connectivity index (χ2n) is 3.59. The van der Waals surface area contributed by atoms with Gasteiger partial charge in [0.15, 0.2) is 11.5 Å². The summed E-state index contributed by atoms with van der Waals surface area (Å²) in [7, 11) is 0. The predicted octanol–water partition coefficient (Wildman–Crippen LogP) is 2.60. The molecule has 1 heterocycles. The Kier molecular flexibility index (Phi) is 3.66. The minimum Gasteiger partial charge on any atom is -0.461 e. The number of H-pyrrole nitrogens is 1. The molecule has 0 spiro atoms. The zero-order chi connectivity index (χ0) is 13.1. The molecule has 5 nitrogen and oxygen atoms in total. The van der Waals surface area contributed by atoms with Gasteiger partial charge in [-0.3, -0.25) is 5.10 Å². The molecule has 0 unspecified atom stereocenters. The third-order valence-corrected chi connectivity index (χ3v) is 2.94. The molecule has 18 heavy (non-hydrogen) atoms. The number of esters is 1. The number of benzene rings is 1. The molecule has 0 amide bonds. The van der Waals surface area contributed by atoms with Gasteiger partial charge in [0.25, 0.3) is 0 Å². The Morgan fingerprint density at radius 2 is 2.11 bits per heavy atom. The molecule has 0 aliphatic rings. The SMILES string of the molecule is CCOC(=O)c1[nH]nc(N)c1-c1ccc(Br)cc1. The van der Waals surface area contributed by atoms with Crippen molar-refractivity contribution in [1.82, 2.24) is 10.2 Å². The number of rotatable bonds is 3. The number of carbonyl (C=O) groups is 1. The van der Waals surface area contributed by atoms with Crippen LogP contribution >= 0.6 is 15.9 Å². The molecule has 0 saturated carbocycles. The maximum absolute atomic E-state index is 11.8. The maximum atomic E-state index is 11.8. The van der Waals surface area contributed by atoms with Crippen LogP contribution in [0.1, 0.15) is 17.4 Å². The number of nitrogen functional groups attached to an aromatic ring is 1. The van der Waals surface area contributed by atoms with Crippen LogP contribution in [0.3, 0.4) is 0 Å². The number of anilines is 1. The predicted molar refractivity (Wildman–Crippen MR) is 72.1 cm³/mol. The molecule has 0 fully saturated rings. The van der Waals surface area contributed by atoms with Gasteiger partial charge in [0.1, 0.15) is 0 Å². The average Bonchev–Trinajstić information content (AvgIpc) is 2.73. The fourth-order valence-corrected chi connectivity index (χ4v) is 1.88. The highest BCUT2D eigenvalue weighted by molar-refractivity contribution is 9.10. The number of aromatic amines is 1. The molecular formula is C12H12BrN3O2. The number of hydrogen-bond acceptors (Lipinski definition) is 4. The summed E-state index contributed by atoms with van der Waals surface area (Å²) < 4.78 is 5.90. The van der Waals surface area contributed by atoms with Gasteiger partial charge in [-0.2, -0.15) is 5.10 Å². The van der Waals surface area contributed by atoms with Crippen molar-refractivity contribution in [3.63, 3.8) is 0 Å². The molecule has 2 aromatic rings. The molecule has 3 N–H and O–H groups in total. The molecule has 0 saturated heterocycles. The topological polar surface area (TPSA) is 81.0 Å². The Bertz CT molecular complexity index is 563. The zero-order valence-electron chi connectivity index (χ0n) is 9.74. The van der Waals surface area contributed by atoms with Crippen molar-refractivity contribution >= 4 is 27.7 Å². The number of aromatic nitrogens is 2. The largest absolute Gasteiger partial charge is 0.461 e. The lowest BCUT2D eigenvalue weighted by atomic mass is 10.1. The summed E-state index contributed by atoms with van der Waals surface area (Å²) in [5, 5.41) is 6.47. The highest BCUT2D eigenvalue weighted by Crippen LogP contribution is 2.29. The number of hydrogen-bond donors (Lipinski definition) is 2. The number of nitrogens with one attached hydrogen (secondary N) is 1. The molecule has 94 valence electrons. The first-order valence-corrected chi connectivity index (χ1v) is 6.19. The molecular weight excluding hydrogens is 298 g/mol. The van der Waals surface area contributed by atoms with Crippen molar-refractivity contribution in [2.45, 2.75) is 6.92 Å². The van der Waals surface area contributed by atoms with E-state index in [1.807, 2.05) is 24.3 Å². The number of halogens is 1. The standard InChI is InChI=1S/C12H12BrN3O2/c1-2-18-12(17)10-9(11(14)16-15-10)7-3-5-8(13)6-4-7/h3-6H,2H2,1H3,(H3,14,15,16). The van der Waals surface area contributed by atoms with Crippen molar-refractivity contribution in [2.75, 3.05) is 12.3 Å². The van der Waals surface area contributed by atoms with Gasteiger partial charge >= 0.3 is 5.97 Å². The van der Waals surface area contributed by atoms with Crippen LogP contribution in [0, 0.1) is 0 Å². The number of nitrogens with zero attached hydrogens (tertiary/aromatic N) is 1. The molecule has 6 heteroatoms. The molecule has 2 rings (SSSR count). The summed E-state index contributed by atoms with van der Waals surface area (Å²) in [6.45, 7) is 2.05. The molecule has 0 aliphatic heterocycles. The molecule has 0 atom stereocenters. The first-order valence-electron chi connectivity index (χ1n) is 5.40. The van der Waals surface area contributed by atoms with Crippen LogP contribution in [0.25, 0.3) is 11.1 Å². The van der Waals surface area contributed by atoms with Crippen molar-refractivity contribution in [3.05, 3.63) is 34.4 Å². The summed E-state index contributed by atoms with van der Waals surface area (Å²) >= 11 is 3.35. The maximum Gasteiger partial charge on any atom is 0.357 e. The van der Waals surface area contributed by atoms with E-state index in [1.54, 1.807) is 6.92 Å². The first-order chi connectivity index (χ1) is 8.63. The lowest BCUT2D eigenvalue weighted by Gasteiger charge is -2.04. The summed E-state index contributed by atoms with van der Waals surface area (Å²) in [5.41, 5.74) is 7.44. The van der Waals surface area contributed by atoms with Gasteiger partial charge in [-0.25, -0.2) is 4.79 Å². The quantitative estimate of drug-likeness (QED) is 0.854. The van der Waals surface area contributed by atoms with Crippen LogP contribution in [0.2, 0.25) is 0 Å². The Morgan fingerprint density at radius 3 is 2.72 bits per heavy atom. The molecule has 1 aromatic carbocycles. The van der Waals surface area contributed by atoms with Crippen molar-refractivity contribution in [2.24, 2.45) is 0 Å². The van der Waals surface area contributed by atoms with E-state index in [4.69, 9.17) is 10.5 Å². The molecule has 0 radical (unpaired) electrons. The first kappa shape index (κ1) is 12.6. The van der Waals surface area contributed by atoms with Crippen LogP contribution in [0.4, 0.5) is 5.82 Å². The lowest BCUT2D eigenvalue weighted by Crippen LogP contribution is -2.06. The van der Waals surface area contributed by atoms with Crippen LogP contribution in [0.15, 0.2) is 28.7 Å². The van der Waals surface area contributed by atoms with Gasteiger partial charge in [0.2, 0.25) is 0 Å². The molecule has 0 bridgehead atoms. The smallest absolute Gasteiger partial charge is 0.357 e. The normalized spacial score (nSPS) is 10.3. The Hall–Kier alpha value is -1.82. The average molecular weight is 310 g/mol. The fourth-order valence-electron chi connectivity index (χ4n) is 1.62. The van der Waals surface area contributed by atoms with E-state index >= 15 is 0 Å². The Labute approximate surface area is 112 Å². The van der Waals surface area contributed by atoms with Gasteiger partial charge in [-0.05, 0) is 24.6 Å². The van der Waals surface area contributed by atoms with Gasteiger partial charge in [-0.1, -0.05) is 28.1 Å². The number of nitrogens with two attached hydrogens (primary N) is 1. The third kappa shape index (κ3) is 2.38. The summed E-state index contributed by atoms with van der Waals surface area (Å²) in [4.78, 5) is 11.8. The summed E-state index contributed by atoms with van der Waals surface area (Å²) in [6, 6.07) is 7.45. The van der Waals surface area contributed by atoms with Crippen LogP contribution in [-0.2, 0) is 4.74 Å². The lowest BCUT2D eigenvalue weighted by molar-refractivity contribution is 0.0520. The second-order valence-corrected chi connectivity index (χ2v) is 4.50. The Balaban J connectivity index is 2.46. The van der Waals surface area contributed by atoms with Crippen molar-refractivity contribution in [3.8, 4) is 11.1 Å². The van der Waals surface area contributed by atoms with E-state index in [9.17, 15) is 4.79 Å². The zero-order valence-corrected chi connectivity index (χ0v) is 11.3. The van der Waals surface area contributed by atoms with Gasteiger partial charge in [0.05, 0.1) is 12.2 Å². The van der Waals surface area contributed by atoms with Crippen LogP contribution in [0.5, 0.6) is 0 Å². The molecule has 0 aliphatic carbocycles.